The molecule has 0 atom stereocenters. The summed E-state index contributed by atoms with van der Waals surface area (Å²) in [4.78, 5) is 24.7. The minimum absolute atomic E-state index is 0.0655. The second-order valence-corrected chi connectivity index (χ2v) is 9.91. The van der Waals surface area contributed by atoms with Gasteiger partial charge in [0.05, 0.1) is 28.1 Å². The predicted molar refractivity (Wildman–Crippen MR) is 135 cm³/mol. The second kappa shape index (κ2) is 10.2. The van der Waals surface area contributed by atoms with Gasteiger partial charge in [-0.05, 0) is 56.3 Å². The summed E-state index contributed by atoms with van der Waals surface area (Å²) in [5.74, 6) is 0.405. The maximum absolute atomic E-state index is 12.5. The molecule has 2 heterocycles. The number of carbonyl (C=O) groups excluding carboxylic acids is 2. The van der Waals surface area contributed by atoms with E-state index in [0.29, 0.717) is 33.0 Å². The number of nitrogens with one attached hydrogen (secondary N) is 1. The molecule has 176 valence electrons. The van der Waals surface area contributed by atoms with Crippen molar-refractivity contribution in [3.05, 3.63) is 57.5 Å². The lowest BCUT2D eigenvalue weighted by Gasteiger charge is -2.11. The molecule has 0 saturated carbocycles. The fourth-order valence-electron chi connectivity index (χ4n) is 3.13. The number of rotatable bonds is 7. The number of hydrogen-bond donors (Lipinski definition) is 1. The van der Waals surface area contributed by atoms with Crippen molar-refractivity contribution in [1.82, 2.24) is 14.8 Å². The van der Waals surface area contributed by atoms with Gasteiger partial charge in [-0.1, -0.05) is 39.3 Å². The van der Waals surface area contributed by atoms with Crippen molar-refractivity contribution in [2.75, 3.05) is 11.1 Å². The molecule has 0 fully saturated rings. The molecular formula is C23H20BrClN4O4S. The van der Waals surface area contributed by atoms with Crippen LogP contribution in [0.1, 0.15) is 24.2 Å². The molecule has 4 aromatic rings. The summed E-state index contributed by atoms with van der Waals surface area (Å²) in [6.45, 7) is 3.53. The quantitative estimate of drug-likeness (QED) is 0.219. The molecular weight excluding hydrogens is 544 g/mol. The molecule has 8 nitrogen and oxygen atoms in total. The van der Waals surface area contributed by atoms with Crippen molar-refractivity contribution in [1.29, 1.82) is 0 Å². The molecule has 0 saturated heterocycles. The smallest absolute Gasteiger partial charge is 0.338 e. The third-order valence-corrected chi connectivity index (χ3v) is 6.53. The first-order valence-corrected chi connectivity index (χ1v) is 12.4. The van der Waals surface area contributed by atoms with Gasteiger partial charge in [0, 0.05) is 16.9 Å². The summed E-state index contributed by atoms with van der Waals surface area (Å²) in [6, 6.07) is 12.2. The van der Waals surface area contributed by atoms with Crippen LogP contribution in [0.2, 0.25) is 5.02 Å². The van der Waals surface area contributed by atoms with Gasteiger partial charge in [0.1, 0.15) is 5.58 Å². The van der Waals surface area contributed by atoms with Gasteiger partial charge >= 0.3 is 5.97 Å². The van der Waals surface area contributed by atoms with Gasteiger partial charge in [0.2, 0.25) is 5.91 Å². The zero-order chi connectivity index (χ0) is 24.4. The third kappa shape index (κ3) is 5.45. The number of aromatic nitrogens is 3. The number of benzene rings is 2. The van der Waals surface area contributed by atoms with Crippen LogP contribution in [-0.2, 0) is 16.6 Å². The first kappa shape index (κ1) is 24.3. The number of halogens is 2. The second-order valence-electron chi connectivity index (χ2n) is 7.64. The minimum atomic E-state index is -0.485. The number of nitrogens with zero attached hydrogens (tertiary/aromatic N) is 3. The molecule has 0 aliphatic heterocycles. The third-order valence-electron chi connectivity index (χ3n) is 4.68. The molecule has 0 aliphatic carbocycles. The lowest BCUT2D eigenvalue weighted by molar-refractivity contribution is -0.113. The first-order valence-electron chi connectivity index (χ1n) is 10.2. The number of carbonyl (C=O) groups is 2. The largest absolute Gasteiger partial charge is 0.459 e. The monoisotopic (exact) mass is 562 g/mol. The highest BCUT2D eigenvalue weighted by Gasteiger charge is 2.18. The van der Waals surface area contributed by atoms with Crippen molar-refractivity contribution >= 4 is 67.8 Å². The van der Waals surface area contributed by atoms with Crippen LogP contribution >= 0.6 is 39.3 Å². The van der Waals surface area contributed by atoms with Gasteiger partial charge in [-0.2, -0.15) is 0 Å². The van der Waals surface area contributed by atoms with Gasteiger partial charge in [0.15, 0.2) is 16.7 Å². The van der Waals surface area contributed by atoms with Crippen LogP contribution in [0.4, 0.5) is 5.69 Å². The molecule has 0 aliphatic rings. The lowest BCUT2D eigenvalue weighted by Crippen LogP contribution is -2.16. The highest BCUT2D eigenvalue weighted by Crippen LogP contribution is 2.30. The van der Waals surface area contributed by atoms with Crippen LogP contribution in [0.25, 0.3) is 22.6 Å². The minimum Gasteiger partial charge on any atom is -0.459 e. The Labute approximate surface area is 213 Å². The summed E-state index contributed by atoms with van der Waals surface area (Å²) >= 11 is 10.9. The summed E-state index contributed by atoms with van der Waals surface area (Å²) in [6.07, 6.45) is -0.254. The molecule has 1 amide bonds. The molecule has 34 heavy (non-hydrogen) atoms. The Morgan fingerprint density at radius 3 is 2.76 bits per heavy atom. The normalized spacial score (nSPS) is 11.2. The van der Waals surface area contributed by atoms with Crippen LogP contribution in [0, 0.1) is 0 Å². The molecule has 0 spiro atoms. The number of fused-ring (bicyclic) bond motifs is 1. The Bertz CT molecular complexity index is 1380. The van der Waals surface area contributed by atoms with Gasteiger partial charge in [-0.3, -0.25) is 4.79 Å². The standard InChI is InChI=1S/C23H20BrClN4O4S/c1-12(2)32-22(31)13-4-6-16(25)17(9-13)26-20(30)11-34-23-28-27-21(29(23)3)19-10-14-8-15(24)5-7-18(14)33-19/h4-10,12H,11H2,1-3H3,(H,26,30). The zero-order valence-electron chi connectivity index (χ0n) is 18.5. The van der Waals surface area contributed by atoms with Crippen LogP contribution in [0.3, 0.4) is 0 Å². The maximum atomic E-state index is 12.5. The SMILES string of the molecule is CC(C)OC(=O)c1ccc(Cl)c(NC(=O)CSc2nnc(-c3cc4cc(Br)ccc4o3)n2C)c1. The molecule has 11 heteroatoms. The highest BCUT2D eigenvalue weighted by atomic mass is 79.9. The molecule has 2 aromatic heterocycles. The Morgan fingerprint density at radius 1 is 1.21 bits per heavy atom. The topological polar surface area (TPSA) is 99.2 Å². The van der Waals surface area contributed by atoms with Crippen LogP contribution in [-0.4, -0.2) is 38.5 Å². The summed E-state index contributed by atoms with van der Waals surface area (Å²) < 4.78 is 13.8. The van der Waals surface area contributed by atoms with Crippen LogP contribution in [0.5, 0.6) is 0 Å². The number of hydrogen-bond acceptors (Lipinski definition) is 7. The van der Waals surface area contributed by atoms with Gasteiger partial charge in [0.25, 0.3) is 0 Å². The van der Waals surface area contributed by atoms with Crippen LogP contribution in [0.15, 0.2) is 56.5 Å². The van der Waals surface area contributed by atoms with E-state index in [1.54, 1.807) is 37.6 Å². The molecule has 0 radical (unpaired) electrons. The number of furan rings is 1. The lowest BCUT2D eigenvalue weighted by atomic mass is 10.2. The molecule has 2 aromatic carbocycles. The highest BCUT2D eigenvalue weighted by molar-refractivity contribution is 9.10. The van der Waals surface area contributed by atoms with E-state index >= 15 is 0 Å². The zero-order valence-corrected chi connectivity index (χ0v) is 21.6. The number of ether oxygens (including phenoxy) is 1. The van der Waals surface area contributed by atoms with E-state index in [2.05, 4.69) is 31.4 Å². The van der Waals surface area contributed by atoms with E-state index < -0.39 is 5.97 Å². The number of esters is 1. The fourth-order valence-corrected chi connectivity index (χ4v) is 4.38. The Balaban J connectivity index is 1.43. The van der Waals surface area contributed by atoms with Gasteiger partial charge in [-0.15, -0.1) is 10.2 Å². The summed E-state index contributed by atoms with van der Waals surface area (Å²) in [5.41, 5.74) is 1.38. The van der Waals surface area contributed by atoms with Gasteiger partial charge < -0.3 is 19.0 Å². The molecule has 1 N–H and O–H groups in total. The average molecular weight is 564 g/mol. The Morgan fingerprint density at radius 2 is 2.00 bits per heavy atom. The van der Waals surface area contributed by atoms with Gasteiger partial charge in [-0.25, -0.2) is 4.79 Å². The number of anilines is 1. The number of thioether (sulfide) groups is 1. The van der Waals surface area contributed by atoms with Crippen LogP contribution < -0.4 is 5.32 Å². The fraction of sp³-hybridized carbons (Fsp3) is 0.217. The van der Waals surface area contributed by atoms with Crippen molar-refractivity contribution in [2.45, 2.75) is 25.1 Å². The predicted octanol–water partition coefficient (Wildman–Crippen LogP) is 5.94. The summed E-state index contributed by atoms with van der Waals surface area (Å²) in [7, 11) is 1.80. The average Bonchev–Trinajstić information content (AvgIpc) is 3.35. The van der Waals surface area contributed by atoms with Crippen molar-refractivity contribution < 1.29 is 18.7 Å². The van der Waals surface area contributed by atoms with E-state index in [1.807, 2.05) is 24.3 Å². The first-order chi connectivity index (χ1) is 16.2. The van der Waals surface area contributed by atoms with Crippen molar-refractivity contribution in [2.24, 2.45) is 7.05 Å². The Kier molecular flexibility index (Phi) is 7.30. The van der Waals surface area contributed by atoms with E-state index in [4.69, 9.17) is 20.8 Å². The molecule has 0 bridgehead atoms. The van der Waals surface area contributed by atoms with E-state index in [9.17, 15) is 9.59 Å². The van der Waals surface area contributed by atoms with Crippen molar-refractivity contribution in [3.8, 4) is 11.6 Å². The summed E-state index contributed by atoms with van der Waals surface area (Å²) in [5, 5.41) is 12.9. The Hall–Kier alpha value is -2.82. The van der Waals surface area contributed by atoms with Crippen molar-refractivity contribution in [3.63, 3.8) is 0 Å². The molecule has 0 unspecified atom stereocenters. The van der Waals surface area contributed by atoms with E-state index in [1.165, 1.54) is 17.8 Å². The molecule has 4 rings (SSSR count). The number of amides is 1. The van der Waals surface area contributed by atoms with E-state index in [-0.39, 0.29) is 17.8 Å². The van der Waals surface area contributed by atoms with E-state index in [0.717, 1.165) is 15.4 Å². The maximum Gasteiger partial charge on any atom is 0.338 e.